The molecule has 3 aromatic carbocycles. The molecule has 0 saturated heterocycles. The van der Waals surface area contributed by atoms with E-state index in [2.05, 4.69) is 22.9 Å². The highest BCUT2D eigenvalue weighted by molar-refractivity contribution is 5.97. The van der Waals surface area contributed by atoms with E-state index in [4.69, 9.17) is 0 Å². The van der Waals surface area contributed by atoms with Gasteiger partial charge in [-0.3, -0.25) is 14.4 Å². The lowest BCUT2D eigenvalue weighted by Crippen LogP contribution is -2.26. The van der Waals surface area contributed by atoms with Gasteiger partial charge in [0.2, 0.25) is 11.8 Å². The number of benzene rings is 3. The third-order valence-electron chi connectivity index (χ3n) is 5.61. The number of carbonyl (C=O) groups excluding carboxylic acids is 3. The minimum absolute atomic E-state index is 0.0302. The molecule has 3 amide bonds. The summed E-state index contributed by atoms with van der Waals surface area (Å²) in [4.78, 5) is 39.1. The predicted molar refractivity (Wildman–Crippen MR) is 145 cm³/mol. The van der Waals surface area contributed by atoms with Gasteiger partial charge >= 0.3 is 0 Å². The molecule has 0 aliphatic heterocycles. The number of carbonyl (C=O) groups is 3. The second-order valence-corrected chi connectivity index (χ2v) is 8.72. The molecule has 0 radical (unpaired) electrons. The second-order valence-electron chi connectivity index (χ2n) is 8.72. The fourth-order valence-corrected chi connectivity index (χ4v) is 3.73. The van der Waals surface area contributed by atoms with Gasteiger partial charge < -0.3 is 20.9 Å². The number of nitrogens with zero attached hydrogens (tertiary/aromatic N) is 1. The molecule has 188 valence electrons. The number of rotatable bonds is 12. The van der Waals surface area contributed by atoms with E-state index in [0.29, 0.717) is 35.6 Å². The van der Waals surface area contributed by atoms with Gasteiger partial charge in [0.15, 0.2) is 0 Å². The first-order valence-corrected chi connectivity index (χ1v) is 12.3. The molecule has 7 nitrogen and oxygen atoms in total. The molecule has 0 saturated carbocycles. The highest BCUT2D eigenvalue weighted by atomic mass is 16.2. The minimum atomic E-state index is -0.237. The molecule has 0 bridgehead atoms. The van der Waals surface area contributed by atoms with E-state index in [1.165, 1.54) is 0 Å². The normalized spacial score (nSPS) is 10.4. The first-order valence-electron chi connectivity index (χ1n) is 12.3. The Labute approximate surface area is 212 Å². The van der Waals surface area contributed by atoms with Crippen LogP contribution < -0.4 is 16.0 Å². The average molecular weight is 487 g/mol. The maximum absolute atomic E-state index is 12.9. The maximum Gasteiger partial charge on any atom is 0.253 e. The number of amides is 3. The van der Waals surface area contributed by atoms with Gasteiger partial charge in [0.1, 0.15) is 0 Å². The Bertz CT molecular complexity index is 1160. The molecule has 0 heterocycles. The van der Waals surface area contributed by atoms with Crippen molar-refractivity contribution in [1.82, 2.24) is 4.90 Å². The van der Waals surface area contributed by atoms with Crippen LogP contribution in [0.15, 0.2) is 78.9 Å². The van der Waals surface area contributed by atoms with Gasteiger partial charge in [-0.15, -0.1) is 0 Å². The summed E-state index contributed by atoms with van der Waals surface area (Å²) in [5.74, 6) is -0.364. The Morgan fingerprint density at radius 1 is 0.750 bits per heavy atom. The molecular formula is C29H34N4O3. The summed E-state index contributed by atoms with van der Waals surface area (Å²) in [6, 6.07) is 24.0. The number of nitrogens with one attached hydrogen (secondary N) is 3. The molecule has 0 aliphatic rings. The van der Waals surface area contributed by atoms with Crippen molar-refractivity contribution in [3.05, 3.63) is 90.0 Å². The third-order valence-corrected chi connectivity index (χ3v) is 5.61. The number of unbranched alkanes of at least 4 members (excludes halogenated alkanes) is 2. The van der Waals surface area contributed by atoms with Crippen LogP contribution in [0.4, 0.5) is 17.1 Å². The van der Waals surface area contributed by atoms with Crippen LogP contribution >= 0.6 is 0 Å². The van der Waals surface area contributed by atoms with E-state index in [-0.39, 0.29) is 24.3 Å². The van der Waals surface area contributed by atoms with Crippen LogP contribution in [0.25, 0.3) is 0 Å². The number of hydrogen-bond donors (Lipinski definition) is 3. The maximum atomic E-state index is 12.9. The van der Waals surface area contributed by atoms with Crippen molar-refractivity contribution in [2.24, 2.45) is 0 Å². The molecule has 0 atom stereocenters. The molecule has 0 aliphatic carbocycles. The lowest BCUT2D eigenvalue weighted by molar-refractivity contribution is -0.116. The summed E-state index contributed by atoms with van der Waals surface area (Å²) >= 11 is 0. The van der Waals surface area contributed by atoms with Crippen LogP contribution in [0.1, 0.15) is 48.5 Å². The highest BCUT2D eigenvalue weighted by Gasteiger charge is 2.13. The average Bonchev–Trinajstić information content (AvgIpc) is 2.88. The summed E-state index contributed by atoms with van der Waals surface area (Å²) in [5, 5.41) is 8.78. The van der Waals surface area contributed by atoms with E-state index in [9.17, 15) is 14.4 Å². The Kier molecular flexibility index (Phi) is 10.1. The zero-order valence-electron chi connectivity index (χ0n) is 20.9. The molecule has 3 aromatic rings. The topological polar surface area (TPSA) is 90.5 Å². The monoisotopic (exact) mass is 486 g/mol. The van der Waals surface area contributed by atoms with Gasteiger partial charge in [-0.1, -0.05) is 62.2 Å². The summed E-state index contributed by atoms with van der Waals surface area (Å²) in [7, 11) is 1.77. The lowest BCUT2D eigenvalue weighted by Gasteiger charge is -2.18. The second kappa shape index (κ2) is 13.7. The van der Waals surface area contributed by atoms with Gasteiger partial charge in [-0.25, -0.2) is 0 Å². The Hall–Kier alpha value is -4.13. The molecule has 36 heavy (non-hydrogen) atoms. The van der Waals surface area contributed by atoms with Crippen LogP contribution in [0.3, 0.4) is 0 Å². The van der Waals surface area contributed by atoms with Crippen LogP contribution in [-0.4, -0.2) is 36.2 Å². The van der Waals surface area contributed by atoms with Crippen molar-refractivity contribution < 1.29 is 14.4 Å². The molecular weight excluding hydrogens is 452 g/mol. The number of anilines is 3. The molecule has 3 N–H and O–H groups in total. The highest BCUT2D eigenvalue weighted by Crippen LogP contribution is 2.17. The molecule has 0 aromatic heterocycles. The Morgan fingerprint density at radius 2 is 1.42 bits per heavy atom. The SMILES string of the molecule is CCCCCC(=O)Nc1cccc(NC(=O)CNc2cccc(C(=O)N(C)Cc3ccccc3)c2)c1. The van der Waals surface area contributed by atoms with E-state index in [0.717, 1.165) is 24.8 Å². The van der Waals surface area contributed by atoms with Crippen molar-refractivity contribution >= 4 is 34.8 Å². The zero-order valence-corrected chi connectivity index (χ0v) is 20.9. The van der Waals surface area contributed by atoms with Gasteiger partial charge in [-0.05, 0) is 48.4 Å². The van der Waals surface area contributed by atoms with Crippen molar-refractivity contribution in [2.75, 3.05) is 29.5 Å². The lowest BCUT2D eigenvalue weighted by atomic mass is 10.1. The fourth-order valence-electron chi connectivity index (χ4n) is 3.73. The molecule has 3 rings (SSSR count). The van der Waals surface area contributed by atoms with Gasteiger partial charge in [0.05, 0.1) is 6.54 Å². The van der Waals surface area contributed by atoms with Crippen molar-refractivity contribution in [3.8, 4) is 0 Å². The molecule has 0 spiro atoms. The largest absolute Gasteiger partial charge is 0.376 e. The zero-order chi connectivity index (χ0) is 25.8. The van der Waals surface area contributed by atoms with Crippen molar-refractivity contribution in [1.29, 1.82) is 0 Å². The first-order chi connectivity index (χ1) is 17.4. The standard InChI is InChI=1S/C29H34N4O3/c1-3-4-6-17-27(34)31-25-15-10-16-26(19-25)32-28(35)20-30-24-14-9-13-23(18-24)29(36)33(2)21-22-11-7-5-8-12-22/h5,7-16,18-19,30H,3-4,6,17,20-21H2,1-2H3,(H,31,34)(H,32,35). The van der Waals surface area contributed by atoms with Gasteiger partial charge in [0.25, 0.3) is 5.91 Å². The summed E-state index contributed by atoms with van der Waals surface area (Å²) < 4.78 is 0. The first kappa shape index (κ1) is 26.5. The molecule has 7 heteroatoms. The van der Waals surface area contributed by atoms with Gasteiger partial charge in [0, 0.05) is 42.6 Å². The minimum Gasteiger partial charge on any atom is -0.376 e. The Morgan fingerprint density at radius 3 is 2.14 bits per heavy atom. The molecule has 0 fully saturated rings. The van der Waals surface area contributed by atoms with E-state index in [1.807, 2.05) is 36.4 Å². The summed E-state index contributed by atoms with van der Waals surface area (Å²) in [5.41, 5.74) is 3.52. The molecule has 0 unspecified atom stereocenters. The van der Waals surface area contributed by atoms with Crippen LogP contribution in [0, 0.1) is 0 Å². The van der Waals surface area contributed by atoms with Crippen molar-refractivity contribution in [3.63, 3.8) is 0 Å². The van der Waals surface area contributed by atoms with Crippen LogP contribution in [-0.2, 0) is 16.1 Å². The Balaban J connectivity index is 1.50. The van der Waals surface area contributed by atoms with E-state index < -0.39 is 0 Å². The van der Waals surface area contributed by atoms with E-state index >= 15 is 0 Å². The van der Waals surface area contributed by atoms with Crippen LogP contribution in [0.5, 0.6) is 0 Å². The smallest absolute Gasteiger partial charge is 0.253 e. The summed E-state index contributed by atoms with van der Waals surface area (Å²) in [6.07, 6.45) is 3.44. The third kappa shape index (κ3) is 8.58. The van der Waals surface area contributed by atoms with E-state index in [1.54, 1.807) is 54.4 Å². The van der Waals surface area contributed by atoms with Crippen molar-refractivity contribution in [2.45, 2.75) is 39.2 Å². The predicted octanol–water partition coefficient (Wildman–Crippen LogP) is 5.53. The summed E-state index contributed by atoms with van der Waals surface area (Å²) in [6.45, 7) is 2.64. The fraction of sp³-hybridized carbons (Fsp3) is 0.276. The quantitative estimate of drug-likeness (QED) is 0.294. The van der Waals surface area contributed by atoms with Gasteiger partial charge in [-0.2, -0.15) is 0 Å². The number of hydrogen-bond acceptors (Lipinski definition) is 4. The van der Waals surface area contributed by atoms with Crippen LogP contribution in [0.2, 0.25) is 0 Å².